The number of halogens is 2. The zero-order valence-electron chi connectivity index (χ0n) is 21.8. The number of anilines is 2. The molecule has 2 N–H and O–H groups in total. The third-order valence-electron chi connectivity index (χ3n) is 5.90. The van der Waals surface area contributed by atoms with E-state index in [0.29, 0.717) is 28.1 Å². The van der Waals surface area contributed by atoms with Crippen LogP contribution < -0.4 is 20.2 Å². The van der Waals surface area contributed by atoms with E-state index in [0.717, 1.165) is 37.7 Å². The molecule has 10 heteroatoms. The number of hydrogen-bond donors (Lipinski definition) is 2. The van der Waals surface area contributed by atoms with Crippen LogP contribution in [-0.4, -0.2) is 24.2 Å². The Labute approximate surface area is 258 Å². The van der Waals surface area contributed by atoms with Gasteiger partial charge in [-0.15, -0.1) is 11.3 Å². The second-order valence-corrected chi connectivity index (χ2v) is 11.4. The molecule has 5 aromatic rings. The number of ether oxygens (including phenoxy) is 2. The summed E-state index contributed by atoms with van der Waals surface area (Å²) >= 11 is 8.51. The zero-order valence-corrected chi connectivity index (χ0v) is 25.8. The van der Waals surface area contributed by atoms with Crippen LogP contribution in [0.5, 0.6) is 11.5 Å². The van der Waals surface area contributed by atoms with Gasteiger partial charge in [-0.2, -0.15) is 5.10 Å². The van der Waals surface area contributed by atoms with Crippen LogP contribution in [0.25, 0.3) is 11.3 Å². The Kier molecular flexibility index (Phi) is 9.45. The normalized spacial score (nSPS) is 10.9. The Morgan fingerprint density at radius 1 is 1.00 bits per heavy atom. The van der Waals surface area contributed by atoms with Crippen molar-refractivity contribution in [3.63, 3.8) is 0 Å². The second kappa shape index (κ2) is 13.6. The van der Waals surface area contributed by atoms with Gasteiger partial charge in [-0.25, -0.2) is 10.4 Å². The fourth-order valence-corrected chi connectivity index (χ4v) is 5.40. The number of aromatic nitrogens is 1. The minimum absolute atomic E-state index is 0.321. The number of amides is 1. The summed E-state index contributed by atoms with van der Waals surface area (Å²) in [6, 6.07) is 28.7. The Balaban J connectivity index is 1.18. The molecule has 1 aromatic heterocycles. The number of nitrogens with zero attached hydrogens (tertiary/aromatic N) is 2. The van der Waals surface area contributed by atoms with E-state index in [4.69, 9.17) is 9.47 Å². The lowest BCUT2D eigenvalue weighted by molar-refractivity contribution is 0.0955. The molecule has 0 atom stereocenters. The minimum Gasteiger partial charge on any atom is -0.493 e. The van der Waals surface area contributed by atoms with Gasteiger partial charge in [0.2, 0.25) is 0 Å². The van der Waals surface area contributed by atoms with Gasteiger partial charge in [0, 0.05) is 26.7 Å². The third-order valence-corrected chi connectivity index (χ3v) is 7.78. The van der Waals surface area contributed by atoms with Crippen molar-refractivity contribution in [3.8, 4) is 22.8 Å². The lowest BCUT2D eigenvalue weighted by atomic mass is 10.1. The second-order valence-electron chi connectivity index (χ2n) is 8.75. The highest BCUT2D eigenvalue weighted by Crippen LogP contribution is 2.37. The molecule has 1 heterocycles. The Morgan fingerprint density at radius 2 is 1.76 bits per heavy atom. The van der Waals surface area contributed by atoms with E-state index in [9.17, 15) is 4.79 Å². The maximum atomic E-state index is 12.7. The molecule has 0 unspecified atom stereocenters. The first-order valence-corrected chi connectivity index (χ1v) is 14.9. The average Bonchev–Trinajstić information content (AvgIpc) is 3.46. The molecule has 5 rings (SSSR count). The molecule has 4 aromatic carbocycles. The SMILES string of the molecule is COc1cc(/C=N\NC(=O)c2ccc(-c3csc(Nc4ccccc4)n3)cc2)cc(Br)c1OCc1ccc(Br)cc1. The van der Waals surface area contributed by atoms with Gasteiger partial charge in [0.15, 0.2) is 16.6 Å². The highest BCUT2D eigenvalue weighted by atomic mass is 79.9. The van der Waals surface area contributed by atoms with Crippen LogP contribution in [0.15, 0.2) is 110 Å². The van der Waals surface area contributed by atoms with Gasteiger partial charge in [-0.3, -0.25) is 4.79 Å². The van der Waals surface area contributed by atoms with Gasteiger partial charge < -0.3 is 14.8 Å². The maximum Gasteiger partial charge on any atom is 0.271 e. The number of carbonyl (C=O) groups is 1. The number of para-hydroxylation sites is 1. The molecule has 0 saturated heterocycles. The van der Waals surface area contributed by atoms with Gasteiger partial charge in [-0.1, -0.05) is 58.4 Å². The van der Waals surface area contributed by atoms with Crippen molar-refractivity contribution in [2.45, 2.75) is 6.61 Å². The monoisotopic (exact) mass is 690 g/mol. The summed E-state index contributed by atoms with van der Waals surface area (Å²) in [7, 11) is 1.58. The summed E-state index contributed by atoms with van der Waals surface area (Å²) in [5.41, 5.74) is 7.55. The van der Waals surface area contributed by atoms with Crippen LogP contribution in [0.1, 0.15) is 21.5 Å². The summed E-state index contributed by atoms with van der Waals surface area (Å²) < 4.78 is 13.2. The molecular weight excluding hydrogens is 668 g/mol. The molecule has 206 valence electrons. The van der Waals surface area contributed by atoms with E-state index in [1.54, 1.807) is 31.5 Å². The predicted molar refractivity (Wildman–Crippen MR) is 172 cm³/mol. The lowest BCUT2D eigenvalue weighted by Gasteiger charge is -2.13. The van der Waals surface area contributed by atoms with Gasteiger partial charge >= 0.3 is 0 Å². The smallest absolute Gasteiger partial charge is 0.271 e. The fraction of sp³-hybridized carbons (Fsp3) is 0.0645. The van der Waals surface area contributed by atoms with Crippen LogP contribution in [0.3, 0.4) is 0 Å². The van der Waals surface area contributed by atoms with E-state index in [1.165, 1.54) is 11.3 Å². The molecule has 0 aliphatic carbocycles. The highest BCUT2D eigenvalue weighted by molar-refractivity contribution is 9.10. The van der Waals surface area contributed by atoms with Gasteiger partial charge in [0.05, 0.1) is 23.5 Å². The maximum absolute atomic E-state index is 12.7. The molecule has 41 heavy (non-hydrogen) atoms. The number of nitrogens with one attached hydrogen (secondary N) is 2. The average molecular weight is 692 g/mol. The van der Waals surface area contributed by atoms with Crippen LogP contribution in [0, 0.1) is 0 Å². The Bertz CT molecular complexity index is 1660. The van der Waals surface area contributed by atoms with E-state index < -0.39 is 0 Å². The Hall–Kier alpha value is -3.99. The van der Waals surface area contributed by atoms with E-state index in [1.807, 2.05) is 78.2 Å². The zero-order chi connectivity index (χ0) is 28.6. The van der Waals surface area contributed by atoms with Crippen molar-refractivity contribution in [2.24, 2.45) is 5.10 Å². The largest absolute Gasteiger partial charge is 0.493 e. The number of hydrazone groups is 1. The molecule has 0 aliphatic heterocycles. The molecule has 0 spiro atoms. The number of methoxy groups -OCH3 is 1. The molecule has 0 aliphatic rings. The quantitative estimate of drug-likeness (QED) is 0.113. The van der Waals surface area contributed by atoms with Crippen molar-refractivity contribution >= 4 is 66.1 Å². The van der Waals surface area contributed by atoms with Gasteiger partial charge in [-0.05, 0) is 75.6 Å². The van der Waals surface area contributed by atoms with E-state index in [-0.39, 0.29) is 5.91 Å². The number of carbonyl (C=O) groups excluding carboxylic acids is 1. The summed E-state index contributed by atoms with van der Waals surface area (Å²) in [4.78, 5) is 17.3. The molecule has 7 nitrogen and oxygen atoms in total. The van der Waals surface area contributed by atoms with Crippen molar-refractivity contribution < 1.29 is 14.3 Å². The van der Waals surface area contributed by atoms with Crippen LogP contribution >= 0.6 is 43.2 Å². The minimum atomic E-state index is -0.321. The third kappa shape index (κ3) is 7.60. The van der Waals surface area contributed by atoms with Crippen molar-refractivity contribution in [3.05, 3.63) is 122 Å². The molecule has 0 fully saturated rings. The van der Waals surface area contributed by atoms with Gasteiger partial charge in [0.1, 0.15) is 6.61 Å². The molecule has 1 amide bonds. The fourth-order valence-electron chi connectivity index (χ4n) is 3.82. The number of thiazole rings is 1. The van der Waals surface area contributed by atoms with Crippen molar-refractivity contribution in [1.82, 2.24) is 10.4 Å². The van der Waals surface area contributed by atoms with E-state index in [2.05, 4.69) is 52.7 Å². The van der Waals surface area contributed by atoms with Crippen LogP contribution in [0.2, 0.25) is 0 Å². The Morgan fingerprint density at radius 3 is 2.49 bits per heavy atom. The molecule has 0 bridgehead atoms. The first kappa shape index (κ1) is 28.5. The molecule has 0 saturated carbocycles. The predicted octanol–water partition coefficient (Wildman–Crippen LogP) is 8.43. The summed E-state index contributed by atoms with van der Waals surface area (Å²) in [5, 5.41) is 10.2. The first-order chi connectivity index (χ1) is 20.0. The van der Waals surface area contributed by atoms with Gasteiger partial charge in [0.25, 0.3) is 5.91 Å². The van der Waals surface area contributed by atoms with Crippen molar-refractivity contribution in [2.75, 3.05) is 12.4 Å². The summed E-state index contributed by atoms with van der Waals surface area (Å²) in [6.07, 6.45) is 1.55. The topological polar surface area (TPSA) is 84.8 Å². The highest BCUT2D eigenvalue weighted by Gasteiger charge is 2.12. The lowest BCUT2D eigenvalue weighted by Crippen LogP contribution is -2.17. The van der Waals surface area contributed by atoms with Crippen molar-refractivity contribution in [1.29, 1.82) is 0 Å². The molecule has 0 radical (unpaired) electrons. The van der Waals surface area contributed by atoms with Crippen LogP contribution in [-0.2, 0) is 6.61 Å². The number of benzene rings is 4. The standard InChI is InChI=1S/C31H24Br2N4O3S/c1-39-28-16-21(15-26(33)29(28)40-18-20-7-13-24(32)14-8-20)17-34-37-30(38)23-11-9-22(10-12-23)27-19-41-31(36-27)35-25-5-3-2-4-6-25/h2-17,19H,18H2,1H3,(H,35,36)(H,37,38)/b34-17-. The summed E-state index contributed by atoms with van der Waals surface area (Å²) in [5.74, 6) is 0.807. The first-order valence-electron chi connectivity index (χ1n) is 12.4. The number of hydrogen-bond acceptors (Lipinski definition) is 7. The molecular formula is C31H24Br2N4O3S. The van der Waals surface area contributed by atoms with Crippen LogP contribution in [0.4, 0.5) is 10.8 Å². The number of rotatable bonds is 10. The summed E-state index contributed by atoms with van der Waals surface area (Å²) in [6.45, 7) is 0.388. The van der Waals surface area contributed by atoms with E-state index >= 15 is 0 Å².